The van der Waals surface area contributed by atoms with Crippen molar-refractivity contribution in [1.82, 2.24) is 9.97 Å². The summed E-state index contributed by atoms with van der Waals surface area (Å²) in [6.07, 6.45) is 3.42. The maximum atomic E-state index is 6.04. The minimum Gasteiger partial charge on any atom is -0.495 e. The second-order valence-electron chi connectivity index (χ2n) is 3.47. The van der Waals surface area contributed by atoms with E-state index in [0.29, 0.717) is 23.1 Å². The van der Waals surface area contributed by atoms with Crippen LogP contribution in [0.4, 0.5) is 0 Å². The topological polar surface area (TPSA) is 61.0 Å². The van der Waals surface area contributed by atoms with Gasteiger partial charge >= 0.3 is 0 Å². The number of halogens is 1. The third-order valence-electron chi connectivity index (χ3n) is 2.35. The van der Waals surface area contributed by atoms with Gasteiger partial charge < -0.3 is 10.5 Å². The van der Waals surface area contributed by atoms with Crippen LogP contribution < -0.4 is 10.5 Å². The molecule has 4 nitrogen and oxygen atoms in total. The lowest BCUT2D eigenvalue weighted by molar-refractivity contribution is 0.415. The highest BCUT2D eigenvalue weighted by atomic mass is 35.5. The summed E-state index contributed by atoms with van der Waals surface area (Å²) >= 11 is 6.04. The van der Waals surface area contributed by atoms with Crippen LogP contribution in [0, 0.1) is 0 Å². The molecule has 0 aliphatic rings. The van der Waals surface area contributed by atoms with Crippen LogP contribution in [0.15, 0.2) is 30.6 Å². The zero-order valence-corrected chi connectivity index (χ0v) is 10.1. The Kier molecular flexibility index (Phi) is 3.56. The minimum atomic E-state index is 0.434. The number of benzene rings is 1. The SMILES string of the molecule is COc1ccc(-c2ncc(CN)cn2)cc1Cl. The summed E-state index contributed by atoms with van der Waals surface area (Å²) in [6, 6.07) is 5.43. The van der Waals surface area contributed by atoms with Gasteiger partial charge in [0, 0.05) is 30.1 Å². The van der Waals surface area contributed by atoms with E-state index >= 15 is 0 Å². The van der Waals surface area contributed by atoms with Gasteiger partial charge in [-0.2, -0.15) is 0 Å². The van der Waals surface area contributed by atoms with Crippen LogP contribution in [-0.2, 0) is 6.54 Å². The largest absolute Gasteiger partial charge is 0.495 e. The first-order valence-electron chi connectivity index (χ1n) is 5.09. The van der Waals surface area contributed by atoms with Crippen LogP contribution in [0.2, 0.25) is 5.02 Å². The number of nitrogens with two attached hydrogens (primary N) is 1. The Morgan fingerprint density at radius 3 is 2.53 bits per heavy atom. The Labute approximate surface area is 104 Å². The fourth-order valence-electron chi connectivity index (χ4n) is 1.41. The molecule has 2 rings (SSSR count). The van der Waals surface area contributed by atoms with E-state index in [4.69, 9.17) is 22.1 Å². The van der Waals surface area contributed by atoms with Crippen molar-refractivity contribution >= 4 is 11.6 Å². The predicted octanol–water partition coefficient (Wildman–Crippen LogP) is 2.26. The lowest BCUT2D eigenvalue weighted by atomic mass is 10.2. The van der Waals surface area contributed by atoms with Gasteiger partial charge in [-0.3, -0.25) is 0 Å². The zero-order chi connectivity index (χ0) is 12.3. The summed E-state index contributed by atoms with van der Waals surface area (Å²) in [7, 11) is 1.58. The highest BCUT2D eigenvalue weighted by molar-refractivity contribution is 6.32. The van der Waals surface area contributed by atoms with Gasteiger partial charge in [-0.25, -0.2) is 9.97 Å². The van der Waals surface area contributed by atoms with Crippen LogP contribution in [-0.4, -0.2) is 17.1 Å². The molecule has 0 aliphatic heterocycles. The smallest absolute Gasteiger partial charge is 0.159 e. The van der Waals surface area contributed by atoms with Crippen molar-refractivity contribution in [2.75, 3.05) is 7.11 Å². The van der Waals surface area contributed by atoms with E-state index in [1.54, 1.807) is 31.6 Å². The summed E-state index contributed by atoms with van der Waals surface area (Å²) in [5, 5.41) is 0.538. The van der Waals surface area contributed by atoms with E-state index in [0.717, 1.165) is 11.1 Å². The monoisotopic (exact) mass is 249 g/mol. The van der Waals surface area contributed by atoms with Gasteiger partial charge in [0.15, 0.2) is 5.82 Å². The van der Waals surface area contributed by atoms with E-state index in [1.165, 1.54) is 0 Å². The second kappa shape index (κ2) is 5.12. The van der Waals surface area contributed by atoms with Crippen molar-refractivity contribution in [1.29, 1.82) is 0 Å². The van der Waals surface area contributed by atoms with Gasteiger partial charge in [0.2, 0.25) is 0 Å². The van der Waals surface area contributed by atoms with Crippen LogP contribution in [0.25, 0.3) is 11.4 Å². The molecule has 0 spiro atoms. The number of hydrogen-bond donors (Lipinski definition) is 1. The molecule has 0 saturated heterocycles. The van der Waals surface area contributed by atoms with Crippen molar-refractivity contribution in [3.63, 3.8) is 0 Å². The molecule has 17 heavy (non-hydrogen) atoms. The summed E-state index contributed by atoms with van der Waals surface area (Å²) in [4.78, 5) is 8.45. The minimum absolute atomic E-state index is 0.434. The highest BCUT2D eigenvalue weighted by Gasteiger charge is 2.05. The molecule has 0 saturated carbocycles. The Balaban J connectivity index is 2.35. The molecule has 0 amide bonds. The quantitative estimate of drug-likeness (QED) is 0.907. The van der Waals surface area contributed by atoms with Crippen LogP contribution in [0.1, 0.15) is 5.56 Å². The van der Waals surface area contributed by atoms with Gasteiger partial charge in [0.1, 0.15) is 5.75 Å². The van der Waals surface area contributed by atoms with Gasteiger partial charge in [0.05, 0.1) is 12.1 Å². The summed E-state index contributed by atoms with van der Waals surface area (Å²) in [5.74, 6) is 1.25. The fraction of sp³-hybridized carbons (Fsp3) is 0.167. The highest BCUT2D eigenvalue weighted by Crippen LogP contribution is 2.28. The first-order valence-corrected chi connectivity index (χ1v) is 5.47. The average molecular weight is 250 g/mol. The lowest BCUT2D eigenvalue weighted by Crippen LogP contribution is -1.99. The molecular formula is C12H12ClN3O. The average Bonchev–Trinajstić information content (AvgIpc) is 2.39. The summed E-state index contributed by atoms with van der Waals surface area (Å²) < 4.78 is 5.08. The van der Waals surface area contributed by atoms with Gasteiger partial charge in [0.25, 0.3) is 0 Å². The van der Waals surface area contributed by atoms with Gasteiger partial charge in [-0.15, -0.1) is 0 Å². The molecule has 0 aliphatic carbocycles. The van der Waals surface area contributed by atoms with Gasteiger partial charge in [-0.1, -0.05) is 11.6 Å². The standard InChI is InChI=1S/C12H12ClN3O/c1-17-11-3-2-9(4-10(11)13)12-15-6-8(5-14)7-16-12/h2-4,6-7H,5,14H2,1H3. The third-order valence-corrected chi connectivity index (χ3v) is 2.65. The normalized spacial score (nSPS) is 10.3. The van der Waals surface area contributed by atoms with Crippen molar-refractivity contribution < 1.29 is 4.74 Å². The molecule has 0 bridgehead atoms. The predicted molar refractivity (Wildman–Crippen MR) is 66.9 cm³/mol. The number of hydrogen-bond acceptors (Lipinski definition) is 4. The molecule has 5 heteroatoms. The Bertz CT molecular complexity index is 514. The molecular weight excluding hydrogens is 238 g/mol. The number of ether oxygens (including phenoxy) is 1. The Morgan fingerprint density at radius 2 is 2.00 bits per heavy atom. The van der Waals surface area contributed by atoms with Crippen molar-refractivity contribution in [2.24, 2.45) is 5.73 Å². The third kappa shape index (κ3) is 2.54. The van der Waals surface area contributed by atoms with E-state index < -0.39 is 0 Å². The first kappa shape index (κ1) is 11.8. The van der Waals surface area contributed by atoms with Crippen LogP contribution in [0.3, 0.4) is 0 Å². The summed E-state index contributed by atoms with van der Waals surface area (Å²) in [5.41, 5.74) is 7.23. The molecule has 88 valence electrons. The molecule has 2 N–H and O–H groups in total. The van der Waals surface area contributed by atoms with Crippen molar-refractivity contribution in [3.8, 4) is 17.1 Å². The van der Waals surface area contributed by atoms with E-state index in [1.807, 2.05) is 6.07 Å². The fourth-order valence-corrected chi connectivity index (χ4v) is 1.67. The molecule has 0 fully saturated rings. The molecule has 2 aromatic rings. The number of rotatable bonds is 3. The number of methoxy groups -OCH3 is 1. The first-order chi connectivity index (χ1) is 8.24. The molecule has 1 aromatic carbocycles. The lowest BCUT2D eigenvalue weighted by Gasteiger charge is -2.05. The van der Waals surface area contributed by atoms with Crippen LogP contribution in [0.5, 0.6) is 5.75 Å². The number of nitrogens with zero attached hydrogens (tertiary/aromatic N) is 2. The van der Waals surface area contributed by atoms with Crippen LogP contribution >= 0.6 is 11.6 Å². The number of aromatic nitrogens is 2. The Morgan fingerprint density at radius 1 is 1.29 bits per heavy atom. The maximum Gasteiger partial charge on any atom is 0.159 e. The summed E-state index contributed by atoms with van der Waals surface area (Å²) in [6.45, 7) is 0.434. The molecule has 0 atom stereocenters. The zero-order valence-electron chi connectivity index (χ0n) is 9.35. The van der Waals surface area contributed by atoms with E-state index in [-0.39, 0.29) is 0 Å². The molecule has 0 unspecified atom stereocenters. The molecule has 0 radical (unpaired) electrons. The van der Waals surface area contributed by atoms with E-state index in [2.05, 4.69) is 9.97 Å². The Hall–Kier alpha value is -1.65. The van der Waals surface area contributed by atoms with Crippen molar-refractivity contribution in [3.05, 3.63) is 41.2 Å². The van der Waals surface area contributed by atoms with E-state index in [9.17, 15) is 0 Å². The van der Waals surface area contributed by atoms with Gasteiger partial charge in [-0.05, 0) is 18.2 Å². The molecule has 1 aromatic heterocycles. The van der Waals surface area contributed by atoms with Crippen molar-refractivity contribution in [2.45, 2.75) is 6.54 Å². The molecule has 1 heterocycles. The second-order valence-corrected chi connectivity index (χ2v) is 3.88. The maximum absolute atomic E-state index is 6.04.